The number of halogens is 1. The number of aliphatic carboxylic acids is 1. The molecule has 4 nitrogen and oxygen atoms in total. The molecular formula is C5H12ClNO3. The Hall–Kier alpha value is -0.320. The van der Waals surface area contributed by atoms with Crippen molar-refractivity contribution >= 4 is 18.4 Å². The maximum Gasteiger partial charge on any atom is 0.326 e. The highest BCUT2D eigenvalue weighted by Gasteiger charge is 2.33. The van der Waals surface area contributed by atoms with Crippen LogP contribution < -0.4 is 5.73 Å². The second-order valence-electron chi connectivity index (χ2n) is 2.26. The van der Waals surface area contributed by atoms with Crippen LogP contribution in [0.15, 0.2) is 0 Å². The van der Waals surface area contributed by atoms with Crippen LogP contribution in [-0.4, -0.2) is 27.8 Å². The largest absolute Gasteiger partial charge is 0.480 e. The van der Waals surface area contributed by atoms with Gasteiger partial charge in [0, 0.05) is 0 Å². The molecule has 0 aromatic rings. The minimum Gasteiger partial charge on any atom is -0.480 e. The molecule has 62 valence electrons. The van der Waals surface area contributed by atoms with E-state index in [4.69, 9.17) is 15.9 Å². The monoisotopic (exact) mass is 169 g/mol. The van der Waals surface area contributed by atoms with Crippen molar-refractivity contribution in [3.63, 3.8) is 0 Å². The molecule has 0 aliphatic carbocycles. The molecule has 0 bridgehead atoms. The van der Waals surface area contributed by atoms with Crippen molar-refractivity contribution in [1.82, 2.24) is 0 Å². The Morgan fingerprint density at radius 2 is 2.00 bits per heavy atom. The van der Waals surface area contributed by atoms with Crippen molar-refractivity contribution in [3.8, 4) is 0 Å². The standard InChI is InChI=1S/C5H11NO3.ClH/c1-3(7)5(2,6)4(8)9;/h3,7H,6H2,1-2H3,(H,8,9);1H/t3-,5?;/m0./s1. The number of carboxylic acid groups (broad SMARTS) is 1. The molecule has 1 unspecified atom stereocenters. The van der Waals surface area contributed by atoms with Gasteiger partial charge in [-0.3, -0.25) is 4.79 Å². The quantitative estimate of drug-likeness (QED) is 0.525. The number of hydrogen-bond donors (Lipinski definition) is 3. The van der Waals surface area contributed by atoms with Crippen molar-refractivity contribution in [3.05, 3.63) is 0 Å². The van der Waals surface area contributed by atoms with Crippen LogP contribution in [0, 0.1) is 0 Å². The molecule has 0 saturated heterocycles. The molecule has 0 spiro atoms. The van der Waals surface area contributed by atoms with Crippen molar-refractivity contribution in [2.75, 3.05) is 0 Å². The Bertz CT molecular complexity index is 124. The Balaban J connectivity index is 0. The van der Waals surface area contributed by atoms with Gasteiger partial charge in [-0.1, -0.05) is 0 Å². The van der Waals surface area contributed by atoms with E-state index in [1.807, 2.05) is 0 Å². The average Bonchev–Trinajstić information content (AvgIpc) is 1.65. The number of aliphatic hydroxyl groups excluding tert-OH is 1. The lowest BCUT2D eigenvalue weighted by Gasteiger charge is -2.21. The lowest BCUT2D eigenvalue weighted by atomic mass is 9.98. The summed E-state index contributed by atoms with van der Waals surface area (Å²) < 4.78 is 0. The summed E-state index contributed by atoms with van der Waals surface area (Å²) in [5.41, 5.74) is 3.62. The molecule has 0 aliphatic heterocycles. The first kappa shape index (κ1) is 12.4. The van der Waals surface area contributed by atoms with Gasteiger partial charge < -0.3 is 15.9 Å². The van der Waals surface area contributed by atoms with Gasteiger partial charge in [0.15, 0.2) is 0 Å². The van der Waals surface area contributed by atoms with Crippen LogP contribution in [0.3, 0.4) is 0 Å². The van der Waals surface area contributed by atoms with E-state index in [1.165, 1.54) is 13.8 Å². The molecule has 10 heavy (non-hydrogen) atoms. The predicted molar refractivity (Wildman–Crippen MR) is 39.2 cm³/mol. The van der Waals surface area contributed by atoms with Crippen molar-refractivity contribution in [1.29, 1.82) is 0 Å². The molecule has 0 rings (SSSR count). The summed E-state index contributed by atoms with van der Waals surface area (Å²) in [6, 6.07) is 0. The fourth-order valence-electron chi connectivity index (χ4n) is 0.179. The van der Waals surface area contributed by atoms with Gasteiger partial charge in [-0.2, -0.15) is 0 Å². The van der Waals surface area contributed by atoms with E-state index in [1.54, 1.807) is 0 Å². The third-order valence-corrected chi connectivity index (χ3v) is 1.33. The first-order valence-corrected chi connectivity index (χ1v) is 2.59. The van der Waals surface area contributed by atoms with Crippen LogP contribution in [0.5, 0.6) is 0 Å². The zero-order chi connectivity index (χ0) is 7.65. The maximum atomic E-state index is 10.2. The normalized spacial score (nSPS) is 18.4. The Kier molecular flexibility index (Phi) is 4.64. The van der Waals surface area contributed by atoms with E-state index in [0.29, 0.717) is 0 Å². The molecule has 0 aromatic carbocycles. The van der Waals surface area contributed by atoms with E-state index in [9.17, 15) is 4.79 Å². The van der Waals surface area contributed by atoms with Gasteiger partial charge in [-0.25, -0.2) is 0 Å². The highest BCUT2D eigenvalue weighted by atomic mass is 35.5. The van der Waals surface area contributed by atoms with E-state index in [2.05, 4.69) is 0 Å². The van der Waals surface area contributed by atoms with Crippen molar-refractivity contribution in [2.24, 2.45) is 5.73 Å². The van der Waals surface area contributed by atoms with E-state index < -0.39 is 17.6 Å². The lowest BCUT2D eigenvalue weighted by Crippen LogP contribution is -2.53. The van der Waals surface area contributed by atoms with Crippen LogP contribution in [-0.2, 0) is 4.79 Å². The van der Waals surface area contributed by atoms with E-state index in [0.717, 1.165) is 0 Å². The topological polar surface area (TPSA) is 83.5 Å². The van der Waals surface area contributed by atoms with Crippen LogP contribution in [0.2, 0.25) is 0 Å². The van der Waals surface area contributed by atoms with Gasteiger partial charge in [0.05, 0.1) is 6.10 Å². The molecule has 0 radical (unpaired) electrons. The van der Waals surface area contributed by atoms with Crippen LogP contribution >= 0.6 is 12.4 Å². The first-order chi connectivity index (χ1) is 3.89. The summed E-state index contributed by atoms with van der Waals surface area (Å²) in [6.45, 7) is 2.61. The van der Waals surface area contributed by atoms with Crippen LogP contribution in [0.4, 0.5) is 0 Å². The molecular weight excluding hydrogens is 158 g/mol. The maximum absolute atomic E-state index is 10.2. The Morgan fingerprint density at radius 3 is 2.00 bits per heavy atom. The third-order valence-electron chi connectivity index (χ3n) is 1.33. The second-order valence-corrected chi connectivity index (χ2v) is 2.26. The van der Waals surface area contributed by atoms with Crippen LogP contribution in [0.1, 0.15) is 13.8 Å². The molecule has 2 atom stereocenters. The summed E-state index contributed by atoms with van der Waals surface area (Å²) in [4.78, 5) is 10.2. The molecule has 0 aromatic heterocycles. The summed E-state index contributed by atoms with van der Waals surface area (Å²) >= 11 is 0. The van der Waals surface area contributed by atoms with Crippen LogP contribution in [0.25, 0.3) is 0 Å². The zero-order valence-electron chi connectivity index (χ0n) is 5.87. The number of hydrogen-bond acceptors (Lipinski definition) is 3. The number of carboxylic acids is 1. The molecule has 0 heterocycles. The van der Waals surface area contributed by atoms with Gasteiger partial charge in [0.1, 0.15) is 5.54 Å². The molecule has 0 amide bonds. The molecule has 0 aliphatic rings. The Labute approximate surface area is 65.4 Å². The van der Waals surface area contributed by atoms with Gasteiger partial charge >= 0.3 is 5.97 Å². The fraction of sp³-hybridized carbons (Fsp3) is 0.800. The van der Waals surface area contributed by atoms with E-state index in [-0.39, 0.29) is 12.4 Å². The number of nitrogens with two attached hydrogens (primary N) is 1. The van der Waals surface area contributed by atoms with E-state index >= 15 is 0 Å². The zero-order valence-corrected chi connectivity index (χ0v) is 6.68. The Morgan fingerprint density at radius 1 is 1.70 bits per heavy atom. The second kappa shape index (κ2) is 3.75. The summed E-state index contributed by atoms with van der Waals surface area (Å²) in [6.07, 6.45) is -1.03. The highest BCUT2D eigenvalue weighted by molar-refractivity contribution is 5.85. The third kappa shape index (κ3) is 2.51. The number of rotatable bonds is 2. The predicted octanol–water partition coefficient (Wildman–Crippen LogP) is -0.409. The van der Waals surface area contributed by atoms with Crippen molar-refractivity contribution in [2.45, 2.75) is 25.5 Å². The van der Waals surface area contributed by atoms with Gasteiger partial charge in [-0.05, 0) is 13.8 Å². The summed E-state index contributed by atoms with van der Waals surface area (Å²) in [7, 11) is 0. The average molecular weight is 170 g/mol. The molecule has 5 heteroatoms. The summed E-state index contributed by atoms with van der Waals surface area (Å²) in [5.74, 6) is -1.20. The lowest BCUT2D eigenvalue weighted by molar-refractivity contribution is -0.146. The minimum atomic E-state index is -1.53. The summed E-state index contributed by atoms with van der Waals surface area (Å²) in [5, 5.41) is 17.1. The molecule has 0 saturated carbocycles. The van der Waals surface area contributed by atoms with Crippen molar-refractivity contribution < 1.29 is 15.0 Å². The van der Waals surface area contributed by atoms with Gasteiger partial charge in [0.25, 0.3) is 0 Å². The molecule has 4 N–H and O–H groups in total. The fourth-order valence-corrected chi connectivity index (χ4v) is 0.179. The SMILES string of the molecule is C[C@H](O)C(C)(N)C(=O)O.Cl. The smallest absolute Gasteiger partial charge is 0.326 e. The number of aliphatic hydroxyl groups is 1. The molecule has 0 fully saturated rings. The number of carbonyl (C=O) groups is 1. The minimum absolute atomic E-state index is 0. The van der Waals surface area contributed by atoms with Gasteiger partial charge in [-0.15, -0.1) is 12.4 Å². The first-order valence-electron chi connectivity index (χ1n) is 2.59. The highest BCUT2D eigenvalue weighted by Crippen LogP contribution is 2.04. The van der Waals surface area contributed by atoms with Gasteiger partial charge in [0.2, 0.25) is 0 Å².